The molecule has 0 spiro atoms. The van der Waals surface area contributed by atoms with E-state index in [0.717, 1.165) is 27.6 Å². The quantitative estimate of drug-likeness (QED) is 0.772. The van der Waals surface area contributed by atoms with E-state index < -0.39 is 6.04 Å². The van der Waals surface area contributed by atoms with E-state index in [4.69, 9.17) is 4.74 Å². The summed E-state index contributed by atoms with van der Waals surface area (Å²) in [5.41, 5.74) is 3.10. The van der Waals surface area contributed by atoms with Crippen molar-refractivity contribution in [2.45, 2.75) is 26.4 Å². The lowest BCUT2D eigenvalue weighted by atomic mass is 10.1. The van der Waals surface area contributed by atoms with Gasteiger partial charge < -0.3 is 4.74 Å². The molecule has 3 amide bonds. The fourth-order valence-electron chi connectivity index (χ4n) is 3.68. The molecular formula is C19H22N5O3+. The molecule has 8 nitrogen and oxygen atoms in total. The fourth-order valence-corrected chi connectivity index (χ4v) is 3.68. The number of carbonyl (C=O) groups excluding carboxylic acids is 2. The molecule has 140 valence electrons. The lowest BCUT2D eigenvalue weighted by Gasteiger charge is -2.30. The first-order chi connectivity index (χ1) is 12.8. The number of likely N-dealkylation sites (N-methyl/N-ethyl adjacent to an activating group) is 2. The first kappa shape index (κ1) is 17.3. The minimum atomic E-state index is -0.594. The van der Waals surface area contributed by atoms with Crippen LogP contribution in [0.5, 0.6) is 5.75 Å². The third kappa shape index (κ3) is 2.36. The van der Waals surface area contributed by atoms with Crippen LogP contribution in [0, 0.1) is 13.8 Å². The number of urea groups is 1. The highest BCUT2D eigenvalue weighted by Gasteiger charge is 2.53. The van der Waals surface area contributed by atoms with Gasteiger partial charge in [0.25, 0.3) is 5.91 Å². The number of nitrogens with zero attached hydrogens (tertiary/aromatic N) is 5. The van der Waals surface area contributed by atoms with Crippen molar-refractivity contribution >= 4 is 23.7 Å². The number of hydrogen-bond donors (Lipinski definition) is 0. The summed E-state index contributed by atoms with van der Waals surface area (Å²) in [5.74, 6) is 1.71. The molecule has 1 aromatic heterocycles. The van der Waals surface area contributed by atoms with Gasteiger partial charge in [-0.2, -0.15) is 0 Å². The van der Waals surface area contributed by atoms with Gasteiger partial charge in [-0.05, 0) is 31.5 Å². The number of rotatable bonds is 3. The molecule has 0 N–H and O–H groups in total. The molecule has 0 aliphatic carbocycles. The van der Waals surface area contributed by atoms with E-state index in [0.29, 0.717) is 18.3 Å². The van der Waals surface area contributed by atoms with Gasteiger partial charge in [0.05, 0.1) is 13.7 Å². The van der Waals surface area contributed by atoms with Crippen molar-refractivity contribution in [2.24, 2.45) is 4.99 Å². The topological polar surface area (TPSA) is 71.0 Å². The van der Waals surface area contributed by atoms with Crippen molar-refractivity contribution in [3.05, 3.63) is 41.2 Å². The minimum Gasteiger partial charge on any atom is -0.497 e. The lowest BCUT2D eigenvalue weighted by Crippen LogP contribution is -2.56. The maximum absolute atomic E-state index is 12.8. The highest BCUT2D eigenvalue weighted by molar-refractivity contribution is 6.20. The standard InChI is InChI=1S/C19H22N5O3/c1-11-12(2)24-15-16(21(3)19(26)22(4)17(15)25)20-18(24)23(11)10-13-6-8-14(27-5)9-7-13/h6-9,15H,10H2,1-5H3/q+1. The van der Waals surface area contributed by atoms with Gasteiger partial charge in [-0.3, -0.25) is 14.6 Å². The number of imidazole rings is 1. The van der Waals surface area contributed by atoms with E-state index >= 15 is 0 Å². The maximum Gasteiger partial charge on any atom is 0.402 e. The van der Waals surface area contributed by atoms with E-state index in [1.165, 1.54) is 11.9 Å². The average Bonchev–Trinajstić information content (AvgIpc) is 3.17. The van der Waals surface area contributed by atoms with E-state index in [1.807, 2.05) is 42.7 Å². The Balaban J connectivity index is 1.79. The number of ether oxygens (including phenoxy) is 1. The van der Waals surface area contributed by atoms with Crippen LogP contribution in [-0.2, 0) is 11.3 Å². The fraction of sp³-hybridized carbons (Fsp3) is 0.368. The normalized spacial score (nSPS) is 18.6. The zero-order valence-corrected chi connectivity index (χ0v) is 16.1. The van der Waals surface area contributed by atoms with Crippen LogP contribution in [0.3, 0.4) is 0 Å². The van der Waals surface area contributed by atoms with Crippen molar-refractivity contribution in [3.8, 4) is 5.75 Å². The number of benzene rings is 1. The minimum absolute atomic E-state index is 0.259. The Morgan fingerprint density at radius 3 is 2.41 bits per heavy atom. The van der Waals surface area contributed by atoms with Crippen LogP contribution in [0.4, 0.5) is 10.7 Å². The molecule has 1 aromatic carbocycles. The highest BCUT2D eigenvalue weighted by Crippen LogP contribution is 2.34. The second-order valence-corrected chi connectivity index (χ2v) is 6.89. The lowest BCUT2D eigenvalue weighted by molar-refractivity contribution is -0.680. The predicted octanol–water partition coefficient (Wildman–Crippen LogP) is 1.56. The van der Waals surface area contributed by atoms with Gasteiger partial charge in [-0.1, -0.05) is 17.1 Å². The zero-order chi connectivity index (χ0) is 19.5. The molecule has 1 atom stereocenters. The molecule has 1 fully saturated rings. The number of amidine groups is 1. The molecule has 2 aliphatic rings. The number of hydrogen-bond acceptors (Lipinski definition) is 4. The summed E-state index contributed by atoms with van der Waals surface area (Å²) in [6.07, 6.45) is 0. The summed E-state index contributed by atoms with van der Waals surface area (Å²) in [6, 6.07) is 6.90. The Morgan fingerprint density at radius 2 is 1.78 bits per heavy atom. The van der Waals surface area contributed by atoms with E-state index in [1.54, 1.807) is 14.2 Å². The van der Waals surface area contributed by atoms with Crippen molar-refractivity contribution in [2.75, 3.05) is 21.2 Å². The van der Waals surface area contributed by atoms with Crippen LogP contribution in [0.1, 0.15) is 23.0 Å². The van der Waals surface area contributed by atoms with Gasteiger partial charge in [0.2, 0.25) is 11.9 Å². The number of imide groups is 1. The molecule has 4 rings (SSSR count). The van der Waals surface area contributed by atoms with Gasteiger partial charge in [0, 0.05) is 14.1 Å². The first-order valence-electron chi connectivity index (χ1n) is 8.73. The van der Waals surface area contributed by atoms with Crippen molar-refractivity contribution in [3.63, 3.8) is 0 Å². The van der Waals surface area contributed by atoms with Crippen molar-refractivity contribution < 1.29 is 18.9 Å². The summed E-state index contributed by atoms with van der Waals surface area (Å²) < 4.78 is 9.22. The molecule has 1 saturated heterocycles. The summed E-state index contributed by atoms with van der Waals surface area (Å²) in [7, 11) is 4.80. The second-order valence-electron chi connectivity index (χ2n) is 6.89. The SMILES string of the molecule is COc1ccc(C[n+]2c(C)c(C)n3c2N=C2C3C(=O)N(C)C(=O)N2C)cc1. The molecule has 2 aromatic rings. The zero-order valence-electron chi connectivity index (χ0n) is 16.1. The molecule has 2 aliphatic heterocycles. The van der Waals surface area contributed by atoms with Crippen molar-refractivity contribution in [1.82, 2.24) is 14.4 Å². The first-order valence-corrected chi connectivity index (χ1v) is 8.73. The van der Waals surface area contributed by atoms with E-state index in [-0.39, 0.29) is 11.9 Å². The Morgan fingerprint density at radius 1 is 1.11 bits per heavy atom. The Bertz CT molecular complexity index is 990. The number of aliphatic imine (C=N–C) groups is 1. The Hall–Kier alpha value is -3.16. The largest absolute Gasteiger partial charge is 0.497 e. The van der Waals surface area contributed by atoms with Gasteiger partial charge >= 0.3 is 12.0 Å². The summed E-state index contributed by atoms with van der Waals surface area (Å²) in [4.78, 5) is 32.3. The molecule has 0 radical (unpaired) electrons. The Labute approximate surface area is 157 Å². The maximum atomic E-state index is 12.8. The van der Waals surface area contributed by atoms with Crippen LogP contribution < -0.4 is 9.30 Å². The smallest absolute Gasteiger partial charge is 0.402 e. The monoisotopic (exact) mass is 368 g/mol. The number of amides is 3. The molecule has 1 unspecified atom stereocenters. The summed E-state index contributed by atoms with van der Waals surface area (Å²) in [6.45, 7) is 4.61. The van der Waals surface area contributed by atoms with E-state index in [9.17, 15) is 9.59 Å². The van der Waals surface area contributed by atoms with Gasteiger partial charge in [0.15, 0.2) is 0 Å². The number of aromatic nitrogens is 2. The number of methoxy groups -OCH3 is 1. The second kappa shape index (κ2) is 5.94. The number of carbonyl (C=O) groups is 2. The third-order valence-corrected chi connectivity index (χ3v) is 5.45. The van der Waals surface area contributed by atoms with Gasteiger partial charge in [-0.15, -0.1) is 0 Å². The molecule has 0 saturated carbocycles. The predicted molar refractivity (Wildman–Crippen MR) is 98.3 cm³/mol. The van der Waals surface area contributed by atoms with Crippen LogP contribution in [0.25, 0.3) is 0 Å². The van der Waals surface area contributed by atoms with Crippen LogP contribution in [0.2, 0.25) is 0 Å². The van der Waals surface area contributed by atoms with E-state index in [2.05, 4.69) is 9.56 Å². The van der Waals surface area contributed by atoms with Gasteiger partial charge in [-0.25, -0.2) is 13.9 Å². The van der Waals surface area contributed by atoms with Gasteiger partial charge in [0.1, 0.15) is 17.1 Å². The van der Waals surface area contributed by atoms with Crippen LogP contribution in [-0.4, -0.2) is 53.3 Å². The van der Waals surface area contributed by atoms with Crippen LogP contribution in [0.15, 0.2) is 29.3 Å². The third-order valence-electron chi connectivity index (χ3n) is 5.45. The molecular weight excluding hydrogens is 346 g/mol. The molecule has 8 heteroatoms. The number of fused-ring (bicyclic) bond motifs is 3. The van der Waals surface area contributed by atoms with Crippen molar-refractivity contribution in [1.29, 1.82) is 0 Å². The summed E-state index contributed by atoms with van der Waals surface area (Å²) >= 11 is 0. The van der Waals surface area contributed by atoms with Crippen LogP contribution >= 0.6 is 0 Å². The Kier molecular flexibility index (Phi) is 3.80. The molecule has 0 bridgehead atoms. The average molecular weight is 368 g/mol. The highest BCUT2D eigenvalue weighted by atomic mass is 16.5. The summed E-state index contributed by atoms with van der Waals surface area (Å²) in [5, 5.41) is 0. The molecule has 3 heterocycles. The molecule has 27 heavy (non-hydrogen) atoms.